The lowest BCUT2D eigenvalue weighted by molar-refractivity contribution is 0.586. The molecule has 11 aromatic rings. The van der Waals surface area contributed by atoms with Gasteiger partial charge >= 0.3 is 0 Å². The van der Waals surface area contributed by atoms with Crippen LogP contribution in [0, 0.1) is 11.8 Å². The Kier molecular flexibility index (Phi) is 11.6. The first-order valence-corrected chi connectivity index (χ1v) is 25.7. The van der Waals surface area contributed by atoms with Crippen LogP contribution in [0.15, 0.2) is 285 Å². The molecule has 2 aliphatic rings. The largest absolute Gasteiger partial charge is 0.311 e. The molecule has 73 heavy (non-hydrogen) atoms. The van der Waals surface area contributed by atoms with Crippen LogP contribution in [-0.4, -0.2) is 0 Å². The molecule has 1 fully saturated rings. The van der Waals surface area contributed by atoms with E-state index >= 15 is 0 Å². The molecule has 0 saturated heterocycles. The predicted molar refractivity (Wildman–Crippen MR) is 309 cm³/mol. The number of fused-ring (bicyclic) bond motifs is 3. The summed E-state index contributed by atoms with van der Waals surface area (Å²) < 4.78 is 0. The maximum atomic E-state index is 2.45. The number of rotatable bonds is 12. The normalized spacial score (nSPS) is 15.6. The van der Waals surface area contributed by atoms with E-state index in [1.165, 1.54) is 73.7 Å². The highest BCUT2D eigenvalue weighted by atomic mass is 15.1. The standard InChI is InChI=1S/C71H54N2/c1-3-10-51(11-4-1)54-24-36-63(37-25-54)72(64-38-26-55(27-39-64)52-12-5-2-6-13-52)65-42-30-57(31-43-65)58-32-44-67(45-33-58)73(68-46-34-60(35-47-68)70-17-9-15-59-14-7-8-16-69(59)70)66-40-28-56(29-41-66)53-20-22-61(23-21-53)71-49-50-18-19-62(71)48-50/h1-47,50,62,71H,48-49H2. The Bertz CT molecular complexity index is 3590. The van der Waals surface area contributed by atoms with E-state index in [0.29, 0.717) is 11.8 Å². The third kappa shape index (κ3) is 8.83. The topological polar surface area (TPSA) is 6.48 Å². The summed E-state index contributed by atoms with van der Waals surface area (Å²) in [6.07, 6.45) is 7.50. The van der Waals surface area contributed by atoms with E-state index in [2.05, 4.69) is 295 Å². The fourth-order valence-electron chi connectivity index (χ4n) is 11.5. The van der Waals surface area contributed by atoms with Crippen LogP contribution in [0.3, 0.4) is 0 Å². The summed E-state index contributed by atoms with van der Waals surface area (Å²) in [4.78, 5) is 4.72. The van der Waals surface area contributed by atoms with Gasteiger partial charge in [-0.1, -0.05) is 212 Å². The summed E-state index contributed by atoms with van der Waals surface area (Å²) in [6.45, 7) is 0. The van der Waals surface area contributed by atoms with Gasteiger partial charge < -0.3 is 9.80 Å². The maximum Gasteiger partial charge on any atom is 0.0462 e. The van der Waals surface area contributed by atoms with Crippen molar-refractivity contribution in [3.63, 3.8) is 0 Å². The van der Waals surface area contributed by atoms with Crippen LogP contribution in [0.25, 0.3) is 66.4 Å². The lowest BCUT2D eigenvalue weighted by atomic mass is 9.86. The molecule has 348 valence electrons. The van der Waals surface area contributed by atoms with Gasteiger partial charge in [0.15, 0.2) is 0 Å². The Morgan fingerprint density at radius 1 is 0.260 bits per heavy atom. The van der Waals surface area contributed by atoms with Gasteiger partial charge in [0.05, 0.1) is 0 Å². The van der Waals surface area contributed by atoms with Crippen LogP contribution in [0.4, 0.5) is 34.1 Å². The summed E-state index contributed by atoms with van der Waals surface area (Å²) in [5.41, 5.74) is 20.1. The highest BCUT2D eigenvalue weighted by Gasteiger charge is 2.36. The van der Waals surface area contributed by atoms with Gasteiger partial charge in [-0.2, -0.15) is 0 Å². The molecule has 0 heterocycles. The van der Waals surface area contributed by atoms with E-state index in [9.17, 15) is 0 Å². The molecule has 3 unspecified atom stereocenters. The molecule has 0 radical (unpaired) electrons. The number of nitrogens with zero attached hydrogens (tertiary/aromatic N) is 2. The molecule has 2 nitrogen and oxygen atoms in total. The Morgan fingerprint density at radius 3 is 0.986 bits per heavy atom. The summed E-state index contributed by atoms with van der Waals surface area (Å²) >= 11 is 0. The van der Waals surface area contributed by atoms with Crippen molar-refractivity contribution in [2.24, 2.45) is 11.8 Å². The summed E-state index contributed by atoms with van der Waals surface area (Å²) in [5, 5.41) is 2.51. The van der Waals surface area contributed by atoms with Crippen LogP contribution >= 0.6 is 0 Å². The minimum Gasteiger partial charge on any atom is -0.311 e. The zero-order chi connectivity index (χ0) is 48.5. The van der Waals surface area contributed by atoms with Crippen LogP contribution in [-0.2, 0) is 0 Å². The number of benzene rings is 11. The second-order valence-corrected chi connectivity index (χ2v) is 19.7. The highest BCUT2D eigenvalue weighted by molar-refractivity contribution is 5.97. The van der Waals surface area contributed by atoms with E-state index in [0.717, 1.165) is 51.2 Å². The van der Waals surface area contributed by atoms with Crippen molar-refractivity contribution in [1.29, 1.82) is 0 Å². The smallest absolute Gasteiger partial charge is 0.0462 e. The van der Waals surface area contributed by atoms with Gasteiger partial charge in [-0.15, -0.1) is 0 Å². The molecule has 0 aliphatic heterocycles. The van der Waals surface area contributed by atoms with Gasteiger partial charge in [-0.05, 0) is 175 Å². The van der Waals surface area contributed by atoms with E-state index in [1.54, 1.807) is 0 Å². The maximum absolute atomic E-state index is 2.45. The van der Waals surface area contributed by atoms with E-state index in [1.807, 2.05) is 0 Å². The van der Waals surface area contributed by atoms with E-state index in [4.69, 9.17) is 0 Å². The Labute approximate surface area is 429 Å². The number of allylic oxidation sites excluding steroid dienone is 2. The Balaban J connectivity index is 0.807. The molecule has 0 N–H and O–H groups in total. The molecular formula is C71H54N2. The summed E-state index contributed by atoms with van der Waals surface area (Å²) in [6, 6.07) is 99.7. The van der Waals surface area contributed by atoms with Crippen molar-refractivity contribution in [3.05, 3.63) is 291 Å². The fourth-order valence-corrected chi connectivity index (χ4v) is 11.5. The molecule has 2 bridgehead atoms. The molecule has 2 heteroatoms. The molecule has 1 saturated carbocycles. The van der Waals surface area contributed by atoms with Crippen molar-refractivity contribution in [3.8, 4) is 55.6 Å². The van der Waals surface area contributed by atoms with Gasteiger partial charge in [0.2, 0.25) is 0 Å². The van der Waals surface area contributed by atoms with Crippen molar-refractivity contribution >= 4 is 44.9 Å². The Hall–Kier alpha value is -8.98. The van der Waals surface area contributed by atoms with Crippen molar-refractivity contribution in [1.82, 2.24) is 0 Å². The second-order valence-electron chi connectivity index (χ2n) is 19.7. The number of anilines is 6. The minimum atomic E-state index is 0.659. The lowest BCUT2D eigenvalue weighted by Gasteiger charge is -2.27. The van der Waals surface area contributed by atoms with Gasteiger partial charge in [0.25, 0.3) is 0 Å². The molecule has 3 atom stereocenters. The van der Waals surface area contributed by atoms with Crippen LogP contribution in [0.5, 0.6) is 0 Å². The van der Waals surface area contributed by atoms with Gasteiger partial charge in [0.1, 0.15) is 0 Å². The SMILES string of the molecule is C1=CC2CC1CC2c1ccc(-c2ccc(N(c3ccc(-c4ccc(N(c5ccc(-c6ccccc6)cc5)c5ccc(-c6ccccc6)cc5)cc4)cc3)c3ccc(-c4cccc5ccccc45)cc3)cc2)cc1. The molecule has 11 aromatic carbocycles. The first-order chi connectivity index (χ1) is 36.1. The second kappa shape index (κ2) is 19.3. The number of hydrogen-bond acceptors (Lipinski definition) is 2. The summed E-state index contributed by atoms with van der Waals surface area (Å²) in [5.74, 6) is 2.13. The van der Waals surface area contributed by atoms with E-state index in [-0.39, 0.29) is 0 Å². The molecule has 0 spiro atoms. The molecule has 13 rings (SSSR count). The first kappa shape index (κ1) is 44.0. The molecular weight excluding hydrogens is 881 g/mol. The monoisotopic (exact) mass is 934 g/mol. The fraction of sp³-hybridized carbons (Fsp3) is 0.0704. The summed E-state index contributed by atoms with van der Waals surface area (Å²) in [7, 11) is 0. The first-order valence-electron chi connectivity index (χ1n) is 25.7. The highest BCUT2D eigenvalue weighted by Crippen LogP contribution is 2.49. The molecule has 0 aromatic heterocycles. The van der Waals surface area contributed by atoms with Gasteiger partial charge in [-0.3, -0.25) is 0 Å². The quantitative estimate of drug-likeness (QED) is 0.113. The average Bonchev–Trinajstić information content (AvgIpc) is 4.12. The van der Waals surface area contributed by atoms with Crippen LogP contribution in [0.2, 0.25) is 0 Å². The van der Waals surface area contributed by atoms with Crippen molar-refractivity contribution in [2.75, 3.05) is 9.80 Å². The predicted octanol–water partition coefficient (Wildman–Crippen LogP) is 19.8. The minimum absolute atomic E-state index is 0.659. The molecule has 0 amide bonds. The van der Waals surface area contributed by atoms with Crippen LogP contribution < -0.4 is 9.80 Å². The Morgan fingerprint density at radius 2 is 0.603 bits per heavy atom. The zero-order valence-electron chi connectivity index (χ0n) is 40.7. The zero-order valence-corrected chi connectivity index (χ0v) is 40.7. The van der Waals surface area contributed by atoms with Crippen molar-refractivity contribution in [2.45, 2.75) is 18.8 Å². The number of hydrogen-bond donors (Lipinski definition) is 0. The lowest BCUT2D eigenvalue weighted by Crippen LogP contribution is -2.10. The van der Waals surface area contributed by atoms with Crippen LogP contribution in [0.1, 0.15) is 24.3 Å². The third-order valence-electron chi connectivity index (χ3n) is 15.4. The molecule has 2 aliphatic carbocycles. The van der Waals surface area contributed by atoms with E-state index < -0.39 is 0 Å². The van der Waals surface area contributed by atoms with Gasteiger partial charge in [0, 0.05) is 34.1 Å². The average molecular weight is 935 g/mol. The van der Waals surface area contributed by atoms with Gasteiger partial charge in [-0.25, -0.2) is 0 Å². The van der Waals surface area contributed by atoms with Crippen molar-refractivity contribution < 1.29 is 0 Å². The third-order valence-corrected chi connectivity index (χ3v) is 15.4.